The molecule has 0 saturated heterocycles. The van der Waals surface area contributed by atoms with Crippen LogP contribution in [0.2, 0.25) is 0 Å². The molecule has 3 aliphatic rings. The van der Waals surface area contributed by atoms with Gasteiger partial charge in [0.25, 0.3) is 0 Å². The van der Waals surface area contributed by atoms with Crippen LogP contribution in [0.25, 0.3) is 0 Å². The molecule has 1 N–H and O–H groups in total. The van der Waals surface area contributed by atoms with Crippen molar-refractivity contribution in [3.63, 3.8) is 0 Å². The van der Waals surface area contributed by atoms with Crippen LogP contribution in [0.5, 0.6) is 5.75 Å². The van der Waals surface area contributed by atoms with Crippen molar-refractivity contribution in [1.82, 2.24) is 5.32 Å². The number of para-hydroxylation sites is 2. The molecule has 0 fully saturated rings. The Balaban J connectivity index is 1.24. The fourth-order valence-corrected chi connectivity index (χ4v) is 8.89. The van der Waals surface area contributed by atoms with Gasteiger partial charge in [-0.25, -0.2) is 4.79 Å². The first kappa shape index (κ1) is 45.3. The summed E-state index contributed by atoms with van der Waals surface area (Å²) >= 11 is 0. The number of benzene rings is 3. The molecule has 0 bridgehead atoms. The highest BCUT2D eigenvalue weighted by molar-refractivity contribution is 6.03. The van der Waals surface area contributed by atoms with Crippen molar-refractivity contribution in [2.75, 3.05) is 37.7 Å². The van der Waals surface area contributed by atoms with E-state index in [1.165, 1.54) is 45.1 Å². The second-order valence-electron chi connectivity index (χ2n) is 18.5. The summed E-state index contributed by atoms with van der Waals surface area (Å²) in [4.78, 5) is 27.2. The number of carbonyl (C=O) groups is 2. The van der Waals surface area contributed by atoms with Gasteiger partial charge in [-0.2, -0.15) is 4.58 Å². The number of amides is 1. The zero-order valence-corrected chi connectivity index (χ0v) is 38.2. The van der Waals surface area contributed by atoms with Gasteiger partial charge in [0.05, 0.1) is 11.8 Å². The smallest absolute Gasteiger partial charge is 0.332 e. The SMILES string of the molecule is CCCN1/C(=C/C=C2\CCCC(/C=C/C3=[N+](CCC)c4ccccc4C3(C)C)=C2Oc2ccc(CC(=O)NCCCOCC(=O)OC(C)(C)C)cc2)C(C)(C)c2ccccc21. The molecule has 8 nitrogen and oxygen atoms in total. The monoisotopic (exact) mass is 827 g/mol. The maximum atomic E-state index is 12.8. The summed E-state index contributed by atoms with van der Waals surface area (Å²) in [6.45, 7) is 21.9. The number of carbonyl (C=O) groups excluding carboxylic acids is 2. The fraction of sp³-hybridized carbons (Fsp3) is 0.453. The van der Waals surface area contributed by atoms with Crippen molar-refractivity contribution >= 4 is 29.0 Å². The number of nitrogens with one attached hydrogen (secondary N) is 1. The van der Waals surface area contributed by atoms with Gasteiger partial charge >= 0.3 is 5.97 Å². The van der Waals surface area contributed by atoms with Gasteiger partial charge in [-0.3, -0.25) is 4.79 Å². The summed E-state index contributed by atoms with van der Waals surface area (Å²) in [5, 5.41) is 2.97. The van der Waals surface area contributed by atoms with Crippen molar-refractivity contribution in [3.05, 3.63) is 136 Å². The highest BCUT2D eigenvalue weighted by Crippen LogP contribution is 2.48. The molecule has 0 spiro atoms. The Kier molecular flexibility index (Phi) is 14.6. The number of allylic oxidation sites excluding steroid dienone is 7. The van der Waals surface area contributed by atoms with E-state index in [9.17, 15) is 9.59 Å². The van der Waals surface area contributed by atoms with Gasteiger partial charge in [0.2, 0.25) is 11.6 Å². The Labute approximate surface area is 365 Å². The number of anilines is 1. The van der Waals surface area contributed by atoms with E-state index in [-0.39, 0.29) is 29.8 Å². The van der Waals surface area contributed by atoms with Crippen molar-refractivity contribution in [2.24, 2.45) is 0 Å². The predicted octanol–water partition coefficient (Wildman–Crippen LogP) is 11.0. The van der Waals surface area contributed by atoms with Crippen molar-refractivity contribution in [2.45, 2.75) is 124 Å². The van der Waals surface area contributed by atoms with Gasteiger partial charge in [0.15, 0.2) is 5.71 Å². The molecule has 8 heteroatoms. The summed E-state index contributed by atoms with van der Waals surface area (Å²) in [7, 11) is 0. The minimum absolute atomic E-state index is 0.0674. The van der Waals surface area contributed by atoms with Gasteiger partial charge in [-0.1, -0.05) is 82.3 Å². The number of fused-ring (bicyclic) bond motifs is 2. The first-order valence-corrected chi connectivity index (χ1v) is 22.4. The van der Waals surface area contributed by atoms with Crippen molar-refractivity contribution < 1.29 is 28.4 Å². The van der Waals surface area contributed by atoms with E-state index in [1.807, 2.05) is 45.0 Å². The van der Waals surface area contributed by atoms with Crippen LogP contribution in [0.1, 0.15) is 118 Å². The molecule has 1 aliphatic carbocycles. The predicted molar refractivity (Wildman–Crippen MR) is 248 cm³/mol. The minimum atomic E-state index is -0.543. The molecule has 324 valence electrons. The molecule has 3 aromatic rings. The van der Waals surface area contributed by atoms with E-state index in [2.05, 4.69) is 129 Å². The Morgan fingerprint density at radius 3 is 2.30 bits per heavy atom. The standard InChI is InChI=1S/C53H67N3O5/c1-10-33-55-44-22-14-12-20-42(44)52(6,7)46(55)30-26-39-18-16-19-40(27-31-47-53(8,9)43-21-13-15-23-45(43)56(47)34-11-2)50(39)60-41-28-24-38(25-29-41)36-48(57)54-32-17-35-59-37-49(58)61-51(3,4)5/h12-15,20-31H,10-11,16-19,32-37H2,1-9H3/p+1. The summed E-state index contributed by atoms with van der Waals surface area (Å²) in [6, 6.07) is 25.5. The average molecular weight is 827 g/mol. The number of hydrogen-bond donors (Lipinski definition) is 1. The number of hydrogen-bond acceptors (Lipinski definition) is 6. The number of ether oxygens (including phenoxy) is 3. The van der Waals surface area contributed by atoms with E-state index in [0.717, 1.165) is 62.3 Å². The second kappa shape index (κ2) is 19.7. The molecule has 0 radical (unpaired) electrons. The highest BCUT2D eigenvalue weighted by Gasteiger charge is 2.44. The van der Waals surface area contributed by atoms with Gasteiger partial charge in [-0.05, 0) is 119 Å². The van der Waals surface area contributed by atoms with Gasteiger partial charge in [-0.15, -0.1) is 0 Å². The maximum Gasteiger partial charge on any atom is 0.332 e. The van der Waals surface area contributed by atoms with Gasteiger partial charge < -0.3 is 24.4 Å². The van der Waals surface area contributed by atoms with E-state index in [1.54, 1.807) is 0 Å². The lowest BCUT2D eigenvalue weighted by Crippen LogP contribution is -2.28. The zero-order chi connectivity index (χ0) is 43.8. The summed E-state index contributed by atoms with van der Waals surface area (Å²) in [6.07, 6.45) is 15.1. The van der Waals surface area contributed by atoms with Crippen molar-refractivity contribution in [3.8, 4) is 5.75 Å². The maximum absolute atomic E-state index is 12.8. The van der Waals surface area contributed by atoms with Crippen LogP contribution < -0.4 is 15.0 Å². The highest BCUT2D eigenvalue weighted by atomic mass is 16.6. The minimum Gasteiger partial charge on any atom is -0.458 e. The number of rotatable bonds is 17. The molecule has 0 atom stereocenters. The molecular formula is C53H68N3O5+. The van der Waals surface area contributed by atoms with E-state index < -0.39 is 11.6 Å². The third-order valence-electron chi connectivity index (χ3n) is 11.8. The van der Waals surface area contributed by atoms with E-state index in [0.29, 0.717) is 19.6 Å². The Bertz CT molecular complexity index is 2210. The first-order valence-electron chi connectivity index (χ1n) is 22.4. The average Bonchev–Trinajstić information content (AvgIpc) is 3.56. The largest absolute Gasteiger partial charge is 0.458 e. The lowest BCUT2D eigenvalue weighted by Gasteiger charge is -2.27. The topological polar surface area (TPSA) is 80.1 Å². The van der Waals surface area contributed by atoms with Crippen molar-refractivity contribution in [1.29, 1.82) is 0 Å². The quantitative estimate of drug-likeness (QED) is 0.0829. The zero-order valence-electron chi connectivity index (χ0n) is 38.2. The van der Waals surface area contributed by atoms with E-state index in [4.69, 9.17) is 14.2 Å². The number of nitrogens with zero attached hydrogens (tertiary/aromatic N) is 2. The Morgan fingerprint density at radius 2 is 1.57 bits per heavy atom. The van der Waals surface area contributed by atoms with Crippen LogP contribution in [0.15, 0.2) is 120 Å². The summed E-state index contributed by atoms with van der Waals surface area (Å²) < 4.78 is 20.1. The van der Waals surface area contributed by atoms with Gasteiger partial charge in [0.1, 0.15) is 30.3 Å². The van der Waals surface area contributed by atoms with Crippen LogP contribution in [0.3, 0.4) is 0 Å². The van der Waals surface area contributed by atoms with Crippen LogP contribution in [0.4, 0.5) is 11.4 Å². The number of esters is 1. The molecule has 0 saturated carbocycles. The molecular weight excluding hydrogens is 759 g/mol. The molecule has 1 amide bonds. The third-order valence-corrected chi connectivity index (χ3v) is 11.8. The Hall–Kier alpha value is -5.21. The fourth-order valence-electron chi connectivity index (χ4n) is 8.89. The van der Waals surface area contributed by atoms with Crippen LogP contribution in [-0.2, 0) is 36.3 Å². The molecule has 2 aliphatic heterocycles. The molecule has 0 aromatic heterocycles. The molecule has 6 rings (SSSR count). The molecule has 2 heterocycles. The Morgan fingerprint density at radius 1 is 0.852 bits per heavy atom. The first-order chi connectivity index (χ1) is 29.1. The third kappa shape index (κ3) is 10.8. The normalized spacial score (nSPS) is 18.3. The lowest BCUT2D eigenvalue weighted by atomic mass is 9.81. The molecule has 61 heavy (non-hydrogen) atoms. The van der Waals surface area contributed by atoms with Crippen LogP contribution >= 0.6 is 0 Å². The molecule has 0 unspecified atom stereocenters. The lowest BCUT2D eigenvalue weighted by molar-refractivity contribution is -0.437. The second-order valence-corrected chi connectivity index (χ2v) is 18.5. The molecule has 3 aromatic carbocycles. The van der Waals surface area contributed by atoms with Gasteiger partial charge in [0, 0.05) is 60.6 Å². The van der Waals surface area contributed by atoms with Crippen LogP contribution in [-0.4, -0.2) is 60.6 Å². The van der Waals surface area contributed by atoms with E-state index >= 15 is 0 Å². The summed E-state index contributed by atoms with van der Waals surface area (Å²) in [5.41, 5.74) is 10.4. The van der Waals surface area contributed by atoms with Crippen LogP contribution in [0, 0.1) is 0 Å². The summed E-state index contributed by atoms with van der Waals surface area (Å²) in [5.74, 6) is 1.19.